The molecule has 2 nitrogen and oxygen atoms in total. The highest BCUT2D eigenvalue weighted by molar-refractivity contribution is 6.04. The molecular weight excluding hydrogens is 340 g/mol. The van der Waals surface area contributed by atoms with Crippen LogP contribution in [0.5, 0.6) is 0 Å². The smallest absolute Gasteiger partial charge is 0.209 e. The van der Waals surface area contributed by atoms with Crippen LogP contribution in [0.1, 0.15) is 50.2 Å². The van der Waals surface area contributed by atoms with Crippen molar-refractivity contribution >= 4 is 23.2 Å². The number of fused-ring (bicyclic) bond motifs is 2. The Morgan fingerprint density at radius 2 is 1.64 bits per heavy atom. The number of nitrogens with zero attached hydrogens (tertiary/aromatic N) is 1. The lowest BCUT2D eigenvalue weighted by Gasteiger charge is -2.31. The Morgan fingerprint density at radius 1 is 0.929 bits per heavy atom. The number of hydrogen-bond donors (Lipinski definition) is 1. The van der Waals surface area contributed by atoms with E-state index in [1.54, 1.807) is 5.56 Å². The number of allylic oxidation sites excluding steroid dienone is 3. The van der Waals surface area contributed by atoms with Crippen LogP contribution >= 0.6 is 0 Å². The first kappa shape index (κ1) is 18.7. The first-order valence-corrected chi connectivity index (χ1v) is 10.7. The van der Waals surface area contributed by atoms with Crippen LogP contribution in [-0.2, 0) is 5.41 Å². The molecule has 2 heteroatoms. The Balaban J connectivity index is 1.64. The van der Waals surface area contributed by atoms with Crippen molar-refractivity contribution < 1.29 is 4.58 Å². The topological polar surface area (TPSA) is 15.0 Å². The molecule has 1 saturated carbocycles. The van der Waals surface area contributed by atoms with E-state index < -0.39 is 0 Å². The summed E-state index contributed by atoms with van der Waals surface area (Å²) in [5.74, 6) is 0. The van der Waals surface area contributed by atoms with Gasteiger partial charge in [-0.05, 0) is 37.5 Å². The van der Waals surface area contributed by atoms with Crippen LogP contribution < -0.4 is 5.32 Å². The molecule has 0 saturated heterocycles. The van der Waals surface area contributed by atoms with Gasteiger partial charge in [-0.25, -0.2) is 0 Å². The zero-order valence-electron chi connectivity index (χ0n) is 17.1. The molecule has 1 heterocycles. The highest BCUT2D eigenvalue weighted by atomic mass is 15.1. The van der Waals surface area contributed by atoms with Crippen molar-refractivity contribution in [1.29, 1.82) is 0 Å². The Morgan fingerprint density at radius 3 is 2.36 bits per heavy atom. The zero-order valence-corrected chi connectivity index (χ0v) is 17.1. The minimum atomic E-state index is 0.212. The van der Waals surface area contributed by atoms with E-state index in [1.165, 1.54) is 49.1 Å². The Bertz CT molecular complexity index is 910. The molecule has 144 valence electrons. The van der Waals surface area contributed by atoms with Gasteiger partial charge in [0.1, 0.15) is 6.54 Å². The van der Waals surface area contributed by atoms with E-state index >= 15 is 0 Å². The zero-order chi connectivity index (χ0) is 19.4. The van der Waals surface area contributed by atoms with Gasteiger partial charge in [-0.3, -0.25) is 0 Å². The Kier molecular flexibility index (Phi) is 5.47. The lowest BCUT2D eigenvalue weighted by atomic mass is 9.67. The number of nitrogens with one attached hydrogen (secondary N) is 1. The molecule has 2 aromatic carbocycles. The molecule has 0 bridgehead atoms. The van der Waals surface area contributed by atoms with E-state index in [4.69, 9.17) is 0 Å². The fourth-order valence-corrected chi connectivity index (χ4v) is 4.99. The predicted octanol–water partition coefficient (Wildman–Crippen LogP) is 6.32. The summed E-state index contributed by atoms with van der Waals surface area (Å²) in [5, 5.41) is 3.16. The minimum Gasteiger partial charge on any atom is -0.388 e. The molecule has 1 aliphatic heterocycles. The summed E-state index contributed by atoms with van der Waals surface area (Å²) >= 11 is 0. The van der Waals surface area contributed by atoms with Gasteiger partial charge < -0.3 is 5.32 Å². The van der Waals surface area contributed by atoms with E-state index in [-0.39, 0.29) is 5.41 Å². The standard InChI is InChI=1S/C26H30N2/c1-3-28-24-13-7-6-12-23(24)26(19-9-4-10-20-26)25(28)14-8-5-11-21-15-17-22(27-2)18-16-21/h5-8,11-18H,3-4,9-10,19-20H2,1-2H3/p+1. The third-order valence-corrected chi connectivity index (χ3v) is 6.37. The normalized spacial score (nSPS) is 18.4. The van der Waals surface area contributed by atoms with Gasteiger partial charge in [-0.2, -0.15) is 4.58 Å². The van der Waals surface area contributed by atoms with Crippen LogP contribution in [-0.4, -0.2) is 23.9 Å². The number of anilines is 1. The van der Waals surface area contributed by atoms with Crippen molar-refractivity contribution in [3.05, 3.63) is 77.9 Å². The Labute approximate surface area is 169 Å². The fraction of sp³-hybridized carbons (Fsp3) is 0.346. The number of benzene rings is 2. The van der Waals surface area contributed by atoms with E-state index in [0.29, 0.717) is 0 Å². The van der Waals surface area contributed by atoms with Crippen LogP contribution in [0.25, 0.3) is 6.08 Å². The highest BCUT2D eigenvalue weighted by Gasteiger charge is 2.50. The van der Waals surface area contributed by atoms with Gasteiger partial charge in [0.15, 0.2) is 5.71 Å². The van der Waals surface area contributed by atoms with Crippen molar-refractivity contribution in [1.82, 2.24) is 0 Å². The fourth-order valence-electron chi connectivity index (χ4n) is 4.99. The quantitative estimate of drug-likeness (QED) is 0.480. The molecule has 1 aliphatic carbocycles. The lowest BCUT2D eigenvalue weighted by molar-refractivity contribution is -0.433. The third kappa shape index (κ3) is 3.32. The molecule has 1 fully saturated rings. The molecule has 1 spiro atoms. The summed E-state index contributed by atoms with van der Waals surface area (Å²) in [4.78, 5) is 0. The molecule has 28 heavy (non-hydrogen) atoms. The summed E-state index contributed by atoms with van der Waals surface area (Å²) < 4.78 is 2.53. The van der Waals surface area contributed by atoms with E-state index in [2.05, 4.69) is 89.7 Å². The molecular formula is C26H31N2+. The van der Waals surface area contributed by atoms with Gasteiger partial charge in [0, 0.05) is 30.4 Å². The van der Waals surface area contributed by atoms with Gasteiger partial charge in [-0.1, -0.05) is 67.8 Å². The van der Waals surface area contributed by atoms with Gasteiger partial charge in [-0.15, -0.1) is 0 Å². The molecule has 0 atom stereocenters. The average molecular weight is 372 g/mol. The van der Waals surface area contributed by atoms with Crippen LogP contribution in [0.3, 0.4) is 0 Å². The summed E-state index contributed by atoms with van der Waals surface area (Å²) in [5.41, 5.74) is 7.03. The van der Waals surface area contributed by atoms with Crippen LogP contribution in [0, 0.1) is 0 Å². The molecule has 1 N–H and O–H groups in total. The van der Waals surface area contributed by atoms with Gasteiger partial charge in [0.2, 0.25) is 5.69 Å². The summed E-state index contributed by atoms with van der Waals surface area (Å²) in [6.07, 6.45) is 15.5. The second-order valence-corrected chi connectivity index (χ2v) is 7.88. The summed E-state index contributed by atoms with van der Waals surface area (Å²) in [6.45, 7) is 3.29. The van der Waals surface area contributed by atoms with Crippen molar-refractivity contribution in [2.45, 2.75) is 44.4 Å². The van der Waals surface area contributed by atoms with Crippen LogP contribution in [0.2, 0.25) is 0 Å². The summed E-state index contributed by atoms with van der Waals surface area (Å²) in [7, 11) is 1.95. The minimum absolute atomic E-state index is 0.212. The SMILES string of the molecule is CC[N+]1=C(C=CC=Cc2ccc(NC)cc2)C2(CCCCC2)c2ccccc21. The van der Waals surface area contributed by atoms with Crippen LogP contribution in [0.15, 0.2) is 66.8 Å². The highest BCUT2D eigenvalue weighted by Crippen LogP contribution is 2.48. The molecule has 0 amide bonds. The van der Waals surface area contributed by atoms with Gasteiger partial charge >= 0.3 is 0 Å². The largest absolute Gasteiger partial charge is 0.388 e. The maximum Gasteiger partial charge on any atom is 0.209 e. The van der Waals surface area contributed by atoms with Crippen molar-refractivity contribution in [2.24, 2.45) is 0 Å². The molecule has 0 unspecified atom stereocenters. The monoisotopic (exact) mass is 371 g/mol. The predicted molar refractivity (Wildman–Crippen MR) is 121 cm³/mol. The van der Waals surface area contributed by atoms with Crippen molar-refractivity contribution in [3.8, 4) is 0 Å². The molecule has 0 aromatic heterocycles. The maximum atomic E-state index is 3.16. The molecule has 2 aromatic rings. The Hall–Kier alpha value is -2.61. The number of rotatable bonds is 5. The van der Waals surface area contributed by atoms with Crippen molar-refractivity contribution in [3.63, 3.8) is 0 Å². The number of hydrogen-bond acceptors (Lipinski definition) is 1. The van der Waals surface area contributed by atoms with Gasteiger partial charge in [0.05, 0.1) is 5.41 Å². The average Bonchev–Trinajstić information content (AvgIpc) is 3.01. The first-order chi connectivity index (χ1) is 13.8. The first-order valence-electron chi connectivity index (χ1n) is 10.7. The maximum absolute atomic E-state index is 3.16. The second-order valence-electron chi connectivity index (χ2n) is 7.88. The summed E-state index contributed by atoms with van der Waals surface area (Å²) in [6, 6.07) is 17.6. The van der Waals surface area contributed by atoms with E-state index in [9.17, 15) is 0 Å². The van der Waals surface area contributed by atoms with E-state index in [1.807, 2.05) is 7.05 Å². The second kappa shape index (κ2) is 8.18. The van der Waals surface area contributed by atoms with Gasteiger partial charge in [0.25, 0.3) is 0 Å². The lowest BCUT2D eigenvalue weighted by Crippen LogP contribution is -2.36. The molecule has 2 aliphatic rings. The van der Waals surface area contributed by atoms with Crippen molar-refractivity contribution in [2.75, 3.05) is 18.9 Å². The molecule has 0 radical (unpaired) electrons. The molecule has 4 rings (SSSR count). The number of para-hydroxylation sites is 1. The van der Waals surface area contributed by atoms with E-state index in [0.717, 1.165) is 12.2 Å². The van der Waals surface area contributed by atoms with Crippen LogP contribution in [0.4, 0.5) is 11.4 Å². The third-order valence-electron chi connectivity index (χ3n) is 6.37.